The molecule has 2 aliphatic rings. The van der Waals surface area contributed by atoms with Crippen LogP contribution in [0.15, 0.2) is 30.3 Å². The standard InChI is InChI=1S/C15H18N3O2/c19-14-11-18(15(20)16-14)13-6-8-17(9-7-13)10-12-4-2-1-3-5-12/h1-5,13H,6-11H2. The monoisotopic (exact) mass is 272 g/mol. The molecule has 0 saturated carbocycles. The fraction of sp³-hybridized carbons (Fsp3) is 0.467. The maximum absolute atomic E-state index is 11.6. The molecule has 2 heterocycles. The van der Waals surface area contributed by atoms with Gasteiger partial charge in [0.15, 0.2) is 0 Å². The topological polar surface area (TPSA) is 54.7 Å². The first-order valence-electron chi connectivity index (χ1n) is 7.04. The molecule has 0 aliphatic carbocycles. The second-order valence-corrected chi connectivity index (χ2v) is 5.41. The number of urea groups is 1. The number of likely N-dealkylation sites (tertiary alicyclic amines) is 1. The van der Waals surface area contributed by atoms with E-state index in [1.807, 2.05) is 6.07 Å². The van der Waals surface area contributed by atoms with Crippen molar-refractivity contribution in [2.75, 3.05) is 19.6 Å². The number of imide groups is 1. The Hall–Kier alpha value is -1.88. The van der Waals surface area contributed by atoms with Crippen molar-refractivity contribution < 1.29 is 9.59 Å². The Labute approximate surface area is 118 Å². The molecule has 0 bridgehead atoms. The Balaban J connectivity index is 1.52. The second-order valence-electron chi connectivity index (χ2n) is 5.41. The Bertz CT molecular complexity index is 495. The summed E-state index contributed by atoms with van der Waals surface area (Å²) in [5.74, 6) is -0.304. The smallest absolute Gasteiger partial charge is 0.310 e. The SMILES string of the molecule is O=C1CN(C2CCN(Cc3ccccc3)CC2)C(=O)[N]1. The van der Waals surface area contributed by atoms with Gasteiger partial charge in [0.25, 0.3) is 5.91 Å². The maximum Gasteiger partial charge on any atom is 0.347 e. The minimum atomic E-state index is -0.350. The highest BCUT2D eigenvalue weighted by Crippen LogP contribution is 2.20. The molecule has 0 atom stereocenters. The second kappa shape index (κ2) is 5.63. The molecule has 3 amide bonds. The minimum absolute atomic E-state index is 0.169. The Morgan fingerprint density at radius 1 is 1.10 bits per heavy atom. The average Bonchev–Trinajstić information content (AvgIpc) is 2.80. The molecule has 5 nitrogen and oxygen atoms in total. The van der Waals surface area contributed by atoms with E-state index in [1.165, 1.54) is 5.56 Å². The molecule has 20 heavy (non-hydrogen) atoms. The number of benzene rings is 1. The largest absolute Gasteiger partial charge is 0.347 e. The van der Waals surface area contributed by atoms with Crippen molar-refractivity contribution in [2.24, 2.45) is 0 Å². The van der Waals surface area contributed by atoms with Gasteiger partial charge in [-0.1, -0.05) is 30.3 Å². The molecule has 1 radical (unpaired) electrons. The van der Waals surface area contributed by atoms with Gasteiger partial charge in [-0.15, -0.1) is 0 Å². The van der Waals surface area contributed by atoms with Crippen LogP contribution in [0.3, 0.4) is 0 Å². The van der Waals surface area contributed by atoms with E-state index in [4.69, 9.17) is 0 Å². The van der Waals surface area contributed by atoms with E-state index in [-0.39, 0.29) is 24.5 Å². The third-order valence-electron chi connectivity index (χ3n) is 4.02. The Morgan fingerprint density at radius 2 is 1.80 bits per heavy atom. The van der Waals surface area contributed by atoms with Gasteiger partial charge in [0.2, 0.25) is 0 Å². The van der Waals surface area contributed by atoms with E-state index in [2.05, 4.69) is 34.5 Å². The molecule has 2 saturated heterocycles. The van der Waals surface area contributed by atoms with E-state index in [0.29, 0.717) is 0 Å². The normalized spacial score (nSPS) is 21.3. The number of rotatable bonds is 3. The quantitative estimate of drug-likeness (QED) is 0.777. The van der Waals surface area contributed by atoms with Crippen molar-refractivity contribution in [3.8, 4) is 0 Å². The van der Waals surface area contributed by atoms with Crippen molar-refractivity contribution >= 4 is 11.9 Å². The van der Waals surface area contributed by atoms with E-state index in [1.54, 1.807) is 4.90 Å². The lowest BCUT2D eigenvalue weighted by atomic mass is 10.0. The highest BCUT2D eigenvalue weighted by atomic mass is 16.2. The fourth-order valence-corrected chi connectivity index (χ4v) is 2.94. The number of piperidine rings is 1. The van der Waals surface area contributed by atoms with Crippen LogP contribution in [-0.2, 0) is 11.3 Å². The number of nitrogens with zero attached hydrogens (tertiary/aromatic N) is 3. The van der Waals surface area contributed by atoms with Gasteiger partial charge in [0.05, 0.1) is 0 Å². The molecule has 0 spiro atoms. The first-order chi connectivity index (χ1) is 9.72. The van der Waals surface area contributed by atoms with Crippen LogP contribution in [0, 0.1) is 0 Å². The van der Waals surface area contributed by atoms with E-state index in [0.717, 1.165) is 32.5 Å². The summed E-state index contributed by atoms with van der Waals surface area (Å²) >= 11 is 0. The summed E-state index contributed by atoms with van der Waals surface area (Å²) in [5, 5.41) is 3.47. The maximum atomic E-state index is 11.6. The van der Waals surface area contributed by atoms with Crippen molar-refractivity contribution in [1.82, 2.24) is 15.1 Å². The predicted octanol–water partition coefficient (Wildman–Crippen LogP) is 1.22. The van der Waals surface area contributed by atoms with Gasteiger partial charge in [-0.25, -0.2) is 4.79 Å². The van der Waals surface area contributed by atoms with Gasteiger partial charge in [0, 0.05) is 25.7 Å². The third-order valence-corrected chi connectivity index (χ3v) is 4.02. The van der Waals surface area contributed by atoms with Gasteiger partial charge < -0.3 is 4.90 Å². The summed E-state index contributed by atoms with van der Waals surface area (Å²) in [4.78, 5) is 26.8. The summed E-state index contributed by atoms with van der Waals surface area (Å²) < 4.78 is 0. The number of carbonyl (C=O) groups excluding carboxylic acids is 2. The highest BCUT2D eigenvalue weighted by molar-refractivity contribution is 6.01. The van der Waals surface area contributed by atoms with Gasteiger partial charge in [0.1, 0.15) is 6.54 Å². The minimum Gasteiger partial charge on any atom is -0.310 e. The molecule has 0 unspecified atom stereocenters. The lowest BCUT2D eigenvalue weighted by Crippen LogP contribution is -2.45. The van der Waals surface area contributed by atoms with Crippen molar-refractivity contribution in [3.05, 3.63) is 35.9 Å². The third kappa shape index (κ3) is 2.82. The molecule has 2 aliphatic heterocycles. The van der Waals surface area contributed by atoms with Crippen LogP contribution in [0.25, 0.3) is 0 Å². The number of hydrogen-bond donors (Lipinski definition) is 0. The number of amides is 3. The Morgan fingerprint density at radius 3 is 2.40 bits per heavy atom. The van der Waals surface area contributed by atoms with Gasteiger partial charge >= 0.3 is 6.03 Å². The van der Waals surface area contributed by atoms with Gasteiger partial charge in [-0.2, -0.15) is 5.32 Å². The Kier molecular flexibility index (Phi) is 3.69. The molecule has 2 fully saturated rings. The molecule has 0 N–H and O–H groups in total. The van der Waals surface area contributed by atoms with E-state index >= 15 is 0 Å². The first-order valence-corrected chi connectivity index (χ1v) is 7.04. The van der Waals surface area contributed by atoms with Crippen LogP contribution >= 0.6 is 0 Å². The van der Waals surface area contributed by atoms with Crippen LogP contribution in [0.2, 0.25) is 0 Å². The molecule has 1 aromatic carbocycles. The van der Waals surface area contributed by atoms with Crippen molar-refractivity contribution in [1.29, 1.82) is 0 Å². The number of carbonyl (C=O) groups is 2. The molecule has 3 rings (SSSR count). The lowest BCUT2D eigenvalue weighted by Gasteiger charge is -2.35. The zero-order valence-electron chi connectivity index (χ0n) is 11.4. The zero-order chi connectivity index (χ0) is 13.9. The fourth-order valence-electron chi connectivity index (χ4n) is 2.94. The predicted molar refractivity (Wildman–Crippen MR) is 74.0 cm³/mol. The van der Waals surface area contributed by atoms with Gasteiger partial charge in [-0.3, -0.25) is 9.69 Å². The molecule has 0 aromatic heterocycles. The summed E-state index contributed by atoms with van der Waals surface area (Å²) in [6.45, 7) is 3.03. The molecule has 1 aromatic rings. The average molecular weight is 272 g/mol. The molecule has 105 valence electrons. The van der Waals surface area contributed by atoms with Crippen molar-refractivity contribution in [3.63, 3.8) is 0 Å². The summed E-state index contributed by atoms with van der Waals surface area (Å²) in [5.41, 5.74) is 1.31. The zero-order valence-corrected chi connectivity index (χ0v) is 11.4. The van der Waals surface area contributed by atoms with E-state index in [9.17, 15) is 9.59 Å². The highest BCUT2D eigenvalue weighted by Gasteiger charge is 2.35. The van der Waals surface area contributed by atoms with E-state index < -0.39 is 0 Å². The van der Waals surface area contributed by atoms with Crippen LogP contribution in [-0.4, -0.2) is 47.4 Å². The summed E-state index contributed by atoms with van der Waals surface area (Å²) in [6.07, 6.45) is 1.84. The van der Waals surface area contributed by atoms with Crippen molar-refractivity contribution in [2.45, 2.75) is 25.4 Å². The van der Waals surface area contributed by atoms with Crippen LogP contribution in [0.1, 0.15) is 18.4 Å². The molecular weight excluding hydrogens is 254 g/mol. The van der Waals surface area contributed by atoms with Crippen LogP contribution < -0.4 is 5.32 Å². The summed E-state index contributed by atoms with van der Waals surface area (Å²) in [7, 11) is 0. The van der Waals surface area contributed by atoms with Crippen LogP contribution in [0.4, 0.5) is 4.79 Å². The first kappa shape index (κ1) is 13.1. The van der Waals surface area contributed by atoms with Gasteiger partial charge in [-0.05, 0) is 18.4 Å². The number of hydrogen-bond acceptors (Lipinski definition) is 3. The lowest BCUT2D eigenvalue weighted by molar-refractivity contribution is -0.118. The molecule has 5 heteroatoms. The van der Waals surface area contributed by atoms with Crippen LogP contribution in [0.5, 0.6) is 0 Å². The summed E-state index contributed by atoms with van der Waals surface area (Å²) in [6, 6.07) is 10.2. The molecular formula is C15H18N3O2.